The number of unbranched alkanes of at least 4 members (excludes halogenated alkanes) is 2. The molecule has 1 aromatic heterocycles. The van der Waals surface area contributed by atoms with E-state index >= 15 is 4.39 Å². The first-order valence-electron chi connectivity index (χ1n) is 17.2. The molecule has 4 aromatic rings. The highest BCUT2D eigenvalue weighted by Crippen LogP contribution is 2.48. The van der Waals surface area contributed by atoms with E-state index in [0.717, 1.165) is 12.5 Å². The molecule has 1 saturated carbocycles. The number of anilines is 2. The number of halogens is 2. The summed E-state index contributed by atoms with van der Waals surface area (Å²) in [6.07, 6.45) is 4.71. The maximum Gasteiger partial charge on any atom is 0.322 e. The van der Waals surface area contributed by atoms with Gasteiger partial charge in [-0.05, 0) is 74.6 Å². The summed E-state index contributed by atoms with van der Waals surface area (Å²) < 4.78 is 37.9. The number of benzene rings is 3. The Labute approximate surface area is 310 Å². The second-order valence-electron chi connectivity index (χ2n) is 12.7. The van der Waals surface area contributed by atoms with Gasteiger partial charge in [0.05, 0.1) is 39.1 Å². The van der Waals surface area contributed by atoms with Crippen molar-refractivity contribution < 1.29 is 47.9 Å². The summed E-state index contributed by atoms with van der Waals surface area (Å²) in [5.74, 6) is -1.76. The van der Waals surface area contributed by atoms with Crippen molar-refractivity contribution in [3.8, 4) is 23.0 Å². The van der Waals surface area contributed by atoms with Gasteiger partial charge >= 0.3 is 5.97 Å². The van der Waals surface area contributed by atoms with Gasteiger partial charge in [0.15, 0.2) is 23.1 Å². The number of pyridine rings is 1. The molecule has 13 nitrogen and oxygen atoms in total. The molecule has 1 aliphatic carbocycles. The number of aliphatic hydroxyl groups excluding tert-OH is 2. The smallest absolute Gasteiger partial charge is 0.322 e. The minimum atomic E-state index is -1.26. The zero-order valence-electron chi connectivity index (χ0n) is 29.1. The van der Waals surface area contributed by atoms with Crippen LogP contribution in [-0.4, -0.2) is 72.6 Å². The average Bonchev–Trinajstić information content (AvgIpc) is 3.97. The Kier molecular flexibility index (Phi) is 13.4. The van der Waals surface area contributed by atoms with E-state index in [1.807, 2.05) is 0 Å². The van der Waals surface area contributed by atoms with E-state index < -0.39 is 41.0 Å². The fourth-order valence-electron chi connectivity index (χ4n) is 5.43. The topological polar surface area (TPSA) is 192 Å². The average molecular weight is 753 g/mol. The molecule has 0 spiro atoms. The first-order valence-corrected chi connectivity index (χ1v) is 17.5. The Bertz CT molecular complexity index is 1920. The lowest BCUT2D eigenvalue weighted by Gasteiger charge is -2.16. The Hall–Kier alpha value is -5.02. The number of nitrogens with two attached hydrogens (primary N) is 1. The number of fused-ring (bicyclic) bond motifs is 1. The van der Waals surface area contributed by atoms with Crippen LogP contribution in [-0.2, 0) is 19.1 Å². The van der Waals surface area contributed by atoms with Gasteiger partial charge in [0.2, 0.25) is 11.8 Å². The Balaban J connectivity index is 1.14. The van der Waals surface area contributed by atoms with Crippen molar-refractivity contribution in [2.45, 2.75) is 44.6 Å². The lowest BCUT2D eigenvalue weighted by molar-refractivity contribution is -0.147. The van der Waals surface area contributed by atoms with Crippen molar-refractivity contribution in [1.29, 1.82) is 0 Å². The van der Waals surface area contributed by atoms with Crippen molar-refractivity contribution in [3.05, 3.63) is 77.7 Å². The monoisotopic (exact) mass is 752 g/mol. The zero-order chi connectivity index (χ0) is 38.0. The maximum absolute atomic E-state index is 15.3. The molecule has 0 bridgehead atoms. The van der Waals surface area contributed by atoms with E-state index in [9.17, 15) is 14.4 Å². The number of rotatable bonds is 19. The number of amides is 2. The molecular weight excluding hydrogens is 711 g/mol. The molecule has 53 heavy (non-hydrogen) atoms. The normalized spacial score (nSPS) is 13.6. The SMILES string of the molecule is COc1cc2c(Oc3ccc(NC(=O)C4(C(=O)Nc5cccc(Cl)c5)CC4)cc3F)ccnc2cc1OCCCCCC(N)C(=O)OCC(CO)CO. The van der Waals surface area contributed by atoms with Crippen LogP contribution in [0.25, 0.3) is 10.9 Å². The van der Waals surface area contributed by atoms with Gasteiger partial charge in [-0.3, -0.25) is 19.4 Å². The van der Waals surface area contributed by atoms with Gasteiger partial charge in [-0.2, -0.15) is 0 Å². The molecule has 3 aromatic carbocycles. The largest absolute Gasteiger partial charge is 0.493 e. The second kappa shape index (κ2) is 18.1. The van der Waals surface area contributed by atoms with Crippen LogP contribution in [0.15, 0.2) is 66.9 Å². The van der Waals surface area contributed by atoms with Crippen molar-refractivity contribution in [2.24, 2.45) is 17.1 Å². The summed E-state index contributed by atoms with van der Waals surface area (Å²) in [5.41, 5.74) is 5.81. The number of aromatic nitrogens is 1. The van der Waals surface area contributed by atoms with E-state index in [1.165, 1.54) is 25.4 Å². The van der Waals surface area contributed by atoms with Crippen molar-refractivity contribution in [2.75, 3.05) is 44.2 Å². The number of hydrogen-bond donors (Lipinski definition) is 5. The number of carbonyl (C=O) groups excluding carboxylic acids is 3. The molecule has 0 saturated heterocycles. The third-order valence-corrected chi connectivity index (χ3v) is 9.03. The van der Waals surface area contributed by atoms with Crippen LogP contribution in [0.4, 0.5) is 15.8 Å². The molecule has 6 N–H and O–H groups in total. The third kappa shape index (κ3) is 10.1. The molecule has 1 fully saturated rings. The third-order valence-electron chi connectivity index (χ3n) is 8.80. The second-order valence-corrected chi connectivity index (χ2v) is 13.2. The number of esters is 1. The summed E-state index contributed by atoms with van der Waals surface area (Å²) in [5, 5.41) is 24.6. The van der Waals surface area contributed by atoms with E-state index in [-0.39, 0.29) is 31.3 Å². The lowest BCUT2D eigenvalue weighted by atomic mass is 10.0. The molecule has 15 heteroatoms. The predicted molar refractivity (Wildman–Crippen MR) is 196 cm³/mol. The number of nitrogens with one attached hydrogen (secondary N) is 2. The number of hydrogen-bond acceptors (Lipinski definition) is 11. The molecular formula is C38H42ClFN4O9. The quantitative estimate of drug-likeness (QED) is 0.0455. The van der Waals surface area contributed by atoms with Gasteiger partial charge in [0.25, 0.3) is 0 Å². The molecule has 1 atom stereocenters. The summed E-state index contributed by atoms with van der Waals surface area (Å²) in [6, 6.07) is 14.8. The molecule has 0 aliphatic heterocycles. The van der Waals surface area contributed by atoms with Crippen molar-refractivity contribution in [1.82, 2.24) is 4.98 Å². The van der Waals surface area contributed by atoms with Gasteiger partial charge in [-0.15, -0.1) is 0 Å². The fraction of sp³-hybridized carbons (Fsp3) is 0.368. The first kappa shape index (κ1) is 39.2. The zero-order valence-corrected chi connectivity index (χ0v) is 29.9. The molecule has 1 aliphatic rings. The van der Waals surface area contributed by atoms with Crippen LogP contribution < -0.4 is 30.6 Å². The number of aliphatic hydroxyl groups is 2. The number of carbonyl (C=O) groups is 3. The lowest BCUT2D eigenvalue weighted by Crippen LogP contribution is -2.35. The van der Waals surface area contributed by atoms with Crippen LogP contribution in [0.3, 0.4) is 0 Å². The number of nitrogens with zero attached hydrogens (tertiary/aromatic N) is 1. The van der Waals surface area contributed by atoms with Crippen LogP contribution in [0.2, 0.25) is 5.02 Å². The summed E-state index contributed by atoms with van der Waals surface area (Å²) in [6.45, 7) is -0.313. The van der Waals surface area contributed by atoms with Gasteiger partial charge in [0, 0.05) is 46.0 Å². The molecule has 0 radical (unpaired) electrons. The van der Waals surface area contributed by atoms with Gasteiger partial charge in [0.1, 0.15) is 17.2 Å². The minimum Gasteiger partial charge on any atom is -0.493 e. The number of ether oxygens (including phenoxy) is 4. The molecule has 282 valence electrons. The van der Waals surface area contributed by atoms with Crippen LogP contribution in [0, 0.1) is 17.2 Å². The van der Waals surface area contributed by atoms with Gasteiger partial charge in [-0.1, -0.05) is 24.1 Å². The van der Waals surface area contributed by atoms with Gasteiger partial charge < -0.3 is 45.5 Å². The number of methoxy groups -OCH3 is 1. The predicted octanol–water partition coefficient (Wildman–Crippen LogP) is 5.60. The molecule has 1 unspecified atom stereocenters. The van der Waals surface area contributed by atoms with E-state index in [1.54, 1.807) is 42.5 Å². The molecule has 5 rings (SSSR count). The highest BCUT2D eigenvalue weighted by molar-refractivity contribution is 6.31. The van der Waals surface area contributed by atoms with E-state index in [4.69, 9.17) is 46.5 Å². The van der Waals surface area contributed by atoms with Crippen molar-refractivity contribution >= 4 is 51.7 Å². The Morgan fingerprint density at radius 2 is 1.66 bits per heavy atom. The van der Waals surface area contributed by atoms with E-state index in [2.05, 4.69) is 15.6 Å². The molecule has 2 amide bonds. The van der Waals surface area contributed by atoms with E-state index in [0.29, 0.717) is 77.6 Å². The maximum atomic E-state index is 15.3. The van der Waals surface area contributed by atoms with Crippen LogP contribution in [0.1, 0.15) is 38.5 Å². The highest BCUT2D eigenvalue weighted by Gasteiger charge is 2.56. The Morgan fingerprint density at radius 3 is 2.32 bits per heavy atom. The first-order chi connectivity index (χ1) is 25.6. The van der Waals surface area contributed by atoms with Crippen LogP contribution >= 0.6 is 11.6 Å². The fourth-order valence-corrected chi connectivity index (χ4v) is 5.62. The Morgan fingerprint density at radius 1 is 0.925 bits per heavy atom. The van der Waals surface area contributed by atoms with Gasteiger partial charge in [-0.25, -0.2) is 4.39 Å². The minimum absolute atomic E-state index is 0.0915. The summed E-state index contributed by atoms with van der Waals surface area (Å²) >= 11 is 6.00. The highest BCUT2D eigenvalue weighted by atomic mass is 35.5. The summed E-state index contributed by atoms with van der Waals surface area (Å²) in [7, 11) is 1.49. The summed E-state index contributed by atoms with van der Waals surface area (Å²) in [4.78, 5) is 42.5. The molecule has 1 heterocycles. The standard InChI is InChI=1S/C38H42ClFN4O9/c1-50-33-18-27-30(19-34(33)51-15-4-2-3-8-29(41)35(47)52-22-23(20-45)21-46)42-14-11-31(27)53-32-10-9-26(17-28(32)40)44-37(49)38(12-13-38)36(48)43-25-7-5-6-24(39)16-25/h5-7,9-11,14,16-19,23,29,45-46H,2-4,8,12-13,15,20-22,41H2,1H3,(H,43,48)(H,44,49). The van der Waals surface area contributed by atoms with Crippen LogP contribution in [0.5, 0.6) is 23.0 Å². The van der Waals surface area contributed by atoms with Crippen molar-refractivity contribution in [3.63, 3.8) is 0 Å².